The molecular weight excluding hydrogens is 559 g/mol. The van der Waals surface area contributed by atoms with Crippen molar-refractivity contribution in [3.05, 3.63) is 140 Å². The summed E-state index contributed by atoms with van der Waals surface area (Å²) >= 11 is 1.83. The summed E-state index contributed by atoms with van der Waals surface area (Å²) in [4.78, 5) is 14.8. The normalized spacial score (nSPS) is 11.6. The number of aromatic nitrogens is 3. The number of fused-ring (bicyclic) bond motifs is 6. The molecule has 0 aliphatic rings. The summed E-state index contributed by atoms with van der Waals surface area (Å²) < 4.78 is 9.22. The van der Waals surface area contributed by atoms with E-state index in [-0.39, 0.29) is 0 Å². The second-order valence-corrected chi connectivity index (χ2v) is 11.9. The van der Waals surface area contributed by atoms with Crippen molar-refractivity contribution < 1.29 is 4.42 Å². The third-order valence-electron chi connectivity index (χ3n) is 8.15. The first-order valence-corrected chi connectivity index (χ1v) is 15.3. The molecule has 3 heterocycles. The Labute approximate surface area is 256 Å². The molecule has 5 heteroatoms. The Morgan fingerprint density at radius 1 is 0.409 bits per heavy atom. The lowest BCUT2D eigenvalue weighted by Gasteiger charge is -2.08. The van der Waals surface area contributed by atoms with Gasteiger partial charge in [0.25, 0.3) is 0 Å². The van der Waals surface area contributed by atoms with Gasteiger partial charge in [0.1, 0.15) is 11.2 Å². The number of hydrogen-bond donors (Lipinski definition) is 0. The van der Waals surface area contributed by atoms with Gasteiger partial charge in [-0.05, 0) is 41.5 Å². The molecule has 0 aliphatic carbocycles. The number of hydrogen-bond acceptors (Lipinski definition) is 5. The van der Waals surface area contributed by atoms with Gasteiger partial charge in [-0.3, -0.25) is 0 Å². The van der Waals surface area contributed by atoms with Crippen LogP contribution in [0.15, 0.2) is 144 Å². The maximum absolute atomic E-state index is 6.63. The van der Waals surface area contributed by atoms with Crippen molar-refractivity contribution >= 4 is 53.4 Å². The quantitative estimate of drug-likeness (QED) is 0.207. The molecule has 0 bridgehead atoms. The van der Waals surface area contributed by atoms with Crippen LogP contribution in [-0.2, 0) is 0 Å². The molecule has 0 saturated carbocycles. The van der Waals surface area contributed by atoms with Crippen LogP contribution in [0.4, 0.5) is 0 Å². The third-order valence-corrected chi connectivity index (χ3v) is 9.28. The van der Waals surface area contributed by atoms with E-state index < -0.39 is 0 Å². The highest BCUT2D eigenvalue weighted by molar-refractivity contribution is 7.25. The van der Waals surface area contributed by atoms with Crippen molar-refractivity contribution in [2.24, 2.45) is 0 Å². The summed E-state index contributed by atoms with van der Waals surface area (Å²) in [6.07, 6.45) is 0. The van der Waals surface area contributed by atoms with Gasteiger partial charge in [0, 0.05) is 42.1 Å². The van der Waals surface area contributed by atoms with Gasteiger partial charge in [0.15, 0.2) is 17.5 Å². The highest BCUT2D eigenvalue weighted by atomic mass is 32.1. The molecule has 0 aliphatic heterocycles. The monoisotopic (exact) mass is 581 g/mol. The summed E-state index contributed by atoms with van der Waals surface area (Å²) in [5.41, 5.74) is 6.60. The van der Waals surface area contributed by atoms with Gasteiger partial charge in [-0.25, -0.2) is 15.0 Å². The second kappa shape index (κ2) is 9.97. The van der Waals surface area contributed by atoms with Crippen molar-refractivity contribution in [2.75, 3.05) is 0 Å². The lowest BCUT2D eigenvalue weighted by Crippen LogP contribution is -2.00. The maximum Gasteiger partial charge on any atom is 0.167 e. The molecule has 6 aromatic carbocycles. The van der Waals surface area contributed by atoms with Gasteiger partial charge in [0.2, 0.25) is 0 Å². The molecule has 4 nitrogen and oxygen atoms in total. The lowest BCUT2D eigenvalue weighted by molar-refractivity contribution is 0.669. The van der Waals surface area contributed by atoms with Crippen molar-refractivity contribution in [1.82, 2.24) is 15.0 Å². The molecule has 0 spiro atoms. The minimum absolute atomic E-state index is 0.581. The zero-order chi connectivity index (χ0) is 29.0. The van der Waals surface area contributed by atoms with Gasteiger partial charge in [-0.1, -0.05) is 109 Å². The van der Waals surface area contributed by atoms with E-state index in [0.717, 1.165) is 44.2 Å². The van der Waals surface area contributed by atoms with Crippen LogP contribution < -0.4 is 0 Å². The van der Waals surface area contributed by atoms with E-state index in [1.165, 1.54) is 25.7 Å². The van der Waals surface area contributed by atoms with E-state index >= 15 is 0 Å². The fourth-order valence-electron chi connectivity index (χ4n) is 5.99. The highest BCUT2D eigenvalue weighted by Gasteiger charge is 2.18. The molecule has 9 rings (SSSR count). The molecule has 3 aromatic heterocycles. The van der Waals surface area contributed by atoms with Crippen LogP contribution in [0.1, 0.15) is 0 Å². The Bertz CT molecular complexity index is 2440. The van der Waals surface area contributed by atoms with Crippen LogP contribution >= 0.6 is 11.3 Å². The van der Waals surface area contributed by atoms with Crippen molar-refractivity contribution in [3.63, 3.8) is 0 Å². The van der Waals surface area contributed by atoms with Crippen molar-refractivity contribution in [2.45, 2.75) is 0 Å². The third kappa shape index (κ3) is 4.09. The van der Waals surface area contributed by atoms with Gasteiger partial charge in [-0.15, -0.1) is 11.3 Å². The molecule has 9 aromatic rings. The predicted octanol–water partition coefficient (Wildman–Crippen LogP) is 10.8. The maximum atomic E-state index is 6.63. The minimum Gasteiger partial charge on any atom is -0.455 e. The molecule has 206 valence electrons. The van der Waals surface area contributed by atoms with E-state index in [0.29, 0.717) is 17.5 Å². The molecular formula is C39H23N3OS. The van der Waals surface area contributed by atoms with E-state index in [1.807, 2.05) is 84.1 Å². The molecule has 0 amide bonds. The van der Waals surface area contributed by atoms with E-state index in [1.54, 1.807) is 0 Å². The average Bonchev–Trinajstić information content (AvgIpc) is 3.66. The van der Waals surface area contributed by atoms with Crippen LogP contribution in [-0.4, -0.2) is 15.0 Å². The number of nitrogens with zero attached hydrogens (tertiary/aromatic N) is 3. The number of thiophene rings is 1. The molecule has 44 heavy (non-hydrogen) atoms. The molecule has 0 atom stereocenters. The molecule has 0 fully saturated rings. The molecule has 0 saturated heterocycles. The van der Waals surface area contributed by atoms with Crippen LogP contribution in [0.3, 0.4) is 0 Å². The largest absolute Gasteiger partial charge is 0.455 e. The van der Waals surface area contributed by atoms with Gasteiger partial charge >= 0.3 is 0 Å². The van der Waals surface area contributed by atoms with E-state index in [9.17, 15) is 0 Å². The van der Waals surface area contributed by atoms with Crippen LogP contribution in [0.2, 0.25) is 0 Å². The Hall–Kier alpha value is -5.65. The fourth-order valence-corrected chi connectivity index (χ4v) is 7.13. The van der Waals surface area contributed by atoms with Gasteiger partial charge in [-0.2, -0.15) is 0 Å². The number of furan rings is 1. The lowest BCUT2D eigenvalue weighted by atomic mass is 10.0. The molecule has 0 radical (unpaired) electrons. The standard InChI is InChI=1S/C39H23N3OS/c1-3-10-24(11-4-1)37-40-38(25-12-5-2-6-13-25)42-39(41-37)32-16-9-15-31-28-20-18-26(22-33(28)43-36(31)32)27-19-21-30-29-14-7-8-17-34(29)44-35(30)23-27/h1-23H. The summed E-state index contributed by atoms with van der Waals surface area (Å²) in [5.74, 6) is 1.83. The van der Waals surface area contributed by atoms with Crippen molar-refractivity contribution in [3.8, 4) is 45.3 Å². The first-order valence-electron chi connectivity index (χ1n) is 14.5. The zero-order valence-corrected chi connectivity index (χ0v) is 24.3. The number of benzene rings is 6. The zero-order valence-electron chi connectivity index (χ0n) is 23.4. The second-order valence-electron chi connectivity index (χ2n) is 10.8. The topological polar surface area (TPSA) is 51.8 Å². The first-order chi connectivity index (χ1) is 21.8. The summed E-state index contributed by atoms with van der Waals surface area (Å²) in [6.45, 7) is 0. The van der Waals surface area contributed by atoms with Crippen LogP contribution in [0.5, 0.6) is 0 Å². The minimum atomic E-state index is 0.581. The molecule has 0 unspecified atom stereocenters. The number of para-hydroxylation sites is 1. The predicted molar refractivity (Wildman–Crippen MR) is 182 cm³/mol. The SMILES string of the molecule is c1ccc(-c2nc(-c3ccccc3)nc(-c3cccc4c3oc3cc(-c5ccc6c(c5)sc5ccccc56)ccc34)n2)cc1. The summed E-state index contributed by atoms with van der Waals surface area (Å²) in [6, 6.07) is 48.0. The van der Waals surface area contributed by atoms with Crippen LogP contribution in [0, 0.1) is 0 Å². The van der Waals surface area contributed by atoms with Gasteiger partial charge in [0.05, 0.1) is 5.56 Å². The average molecular weight is 582 g/mol. The van der Waals surface area contributed by atoms with E-state index in [2.05, 4.69) is 66.7 Å². The Balaban J connectivity index is 1.20. The Morgan fingerprint density at radius 3 is 1.75 bits per heavy atom. The van der Waals surface area contributed by atoms with Crippen LogP contribution in [0.25, 0.3) is 87.4 Å². The smallest absolute Gasteiger partial charge is 0.167 e. The highest BCUT2D eigenvalue weighted by Crippen LogP contribution is 2.39. The Morgan fingerprint density at radius 2 is 1.00 bits per heavy atom. The molecule has 0 N–H and O–H groups in total. The van der Waals surface area contributed by atoms with E-state index in [4.69, 9.17) is 19.4 Å². The Kier molecular flexibility index (Phi) is 5.64. The van der Waals surface area contributed by atoms with Gasteiger partial charge < -0.3 is 4.42 Å². The summed E-state index contributed by atoms with van der Waals surface area (Å²) in [5, 5.41) is 4.70. The fraction of sp³-hybridized carbons (Fsp3) is 0. The number of rotatable bonds is 4. The van der Waals surface area contributed by atoms with Crippen molar-refractivity contribution in [1.29, 1.82) is 0 Å². The first kappa shape index (κ1) is 24.9. The summed E-state index contributed by atoms with van der Waals surface area (Å²) in [7, 11) is 0.